The first-order valence-electron chi connectivity index (χ1n) is 7.64. The molecule has 0 aliphatic rings. The van der Waals surface area contributed by atoms with Crippen LogP contribution in [0.3, 0.4) is 0 Å². The van der Waals surface area contributed by atoms with Crippen molar-refractivity contribution in [1.82, 2.24) is 9.97 Å². The molecule has 2 heterocycles. The minimum atomic E-state index is -0.887. The second kappa shape index (κ2) is 7.13. The lowest BCUT2D eigenvalue weighted by Crippen LogP contribution is -2.09. The summed E-state index contributed by atoms with van der Waals surface area (Å²) in [5.74, 6) is -0.692. The van der Waals surface area contributed by atoms with Crippen molar-refractivity contribution in [1.29, 1.82) is 0 Å². The average molecular weight is 377 g/mol. The molecule has 0 saturated carbocycles. The van der Waals surface area contributed by atoms with E-state index in [0.717, 1.165) is 17.7 Å². The summed E-state index contributed by atoms with van der Waals surface area (Å²) in [7, 11) is 0. The molecule has 1 unspecified atom stereocenters. The van der Waals surface area contributed by atoms with E-state index in [-0.39, 0.29) is 22.2 Å². The monoisotopic (exact) mass is 376 g/mol. The van der Waals surface area contributed by atoms with E-state index in [0.29, 0.717) is 11.4 Å². The number of halogens is 3. The first-order chi connectivity index (χ1) is 12.4. The highest BCUT2D eigenvalue weighted by Crippen LogP contribution is 2.34. The number of rotatable bonds is 4. The summed E-state index contributed by atoms with van der Waals surface area (Å²) in [4.78, 5) is 8.10. The van der Waals surface area contributed by atoms with Crippen LogP contribution < -0.4 is 16.2 Å². The van der Waals surface area contributed by atoms with Gasteiger partial charge >= 0.3 is 0 Å². The fraction of sp³-hybridized carbons (Fsp3) is 0.111. The molecular formula is C18H15ClF2N4O. The maximum absolute atomic E-state index is 14.1. The molecule has 8 heteroatoms. The van der Waals surface area contributed by atoms with Crippen molar-refractivity contribution in [2.75, 3.05) is 11.5 Å². The summed E-state index contributed by atoms with van der Waals surface area (Å²) < 4.78 is 33.4. The maximum atomic E-state index is 14.1. The first-order valence-corrected chi connectivity index (χ1v) is 8.02. The van der Waals surface area contributed by atoms with Gasteiger partial charge in [-0.25, -0.2) is 18.7 Å². The number of anilines is 2. The molecule has 1 atom stereocenters. The number of hydrogen-bond donors (Lipinski definition) is 2. The van der Waals surface area contributed by atoms with Gasteiger partial charge in [-0.15, -0.1) is 0 Å². The van der Waals surface area contributed by atoms with Crippen LogP contribution >= 0.6 is 11.6 Å². The molecule has 0 fully saturated rings. The zero-order valence-corrected chi connectivity index (χ0v) is 14.5. The normalized spacial score (nSPS) is 12.0. The average Bonchev–Trinajstić information content (AvgIpc) is 2.61. The fourth-order valence-corrected chi connectivity index (χ4v) is 2.76. The summed E-state index contributed by atoms with van der Waals surface area (Å²) >= 11 is 5.88. The Bertz CT molecular complexity index is 951. The van der Waals surface area contributed by atoms with Crippen molar-refractivity contribution in [2.24, 2.45) is 0 Å². The van der Waals surface area contributed by atoms with Gasteiger partial charge in [0.05, 0.1) is 5.02 Å². The molecule has 134 valence electrons. The predicted molar refractivity (Wildman–Crippen MR) is 96.7 cm³/mol. The van der Waals surface area contributed by atoms with E-state index in [1.54, 1.807) is 37.5 Å². The molecule has 5 nitrogen and oxygen atoms in total. The van der Waals surface area contributed by atoms with Crippen LogP contribution in [0, 0.1) is 11.6 Å². The molecule has 3 rings (SSSR count). The van der Waals surface area contributed by atoms with Crippen molar-refractivity contribution in [3.63, 3.8) is 0 Å². The van der Waals surface area contributed by atoms with Crippen LogP contribution in [0.2, 0.25) is 5.02 Å². The smallest absolute Gasteiger partial charge is 0.166 e. The number of pyridine rings is 2. The number of nitrogens with zero attached hydrogens (tertiary/aromatic N) is 2. The number of nitrogens with two attached hydrogens (primary N) is 2. The lowest BCUT2D eigenvalue weighted by atomic mass is 10.1. The van der Waals surface area contributed by atoms with Gasteiger partial charge in [0.1, 0.15) is 23.6 Å². The Morgan fingerprint density at radius 2 is 1.69 bits per heavy atom. The van der Waals surface area contributed by atoms with E-state index in [4.69, 9.17) is 27.8 Å². The molecule has 0 saturated heterocycles. The molecule has 3 aromatic rings. The molecule has 0 radical (unpaired) electrons. The van der Waals surface area contributed by atoms with Crippen molar-refractivity contribution in [3.05, 3.63) is 64.9 Å². The van der Waals surface area contributed by atoms with E-state index >= 15 is 0 Å². The van der Waals surface area contributed by atoms with E-state index < -0.39 is 17.7 Å². The van der Waals surface area contributed by atoms with E-state index in [9.17, 15) is 8.78 Å². The van der Waals surface area contributed by atoms with Gasteiger partial charge < -0.3 is 16.2 Å². The summed E-state index contributed by atoms with van der Waals surface area (Å²) in [5.41, 5.74) is 12.8. The predicted octanol–water partition coefficient (Wildman–Crippen LogP) is 4.38. The lowest BCUT2D eigenvalue weighted by molar-refractivity contribution is 0.221. The van der Waals surface area contributed by atoms with Gasteiger partial charge in [-0.2, -0.15) is 0 Å². The highest BCUT2D eigenvalue weighted by atomic mass is 35.5. The van der Waals surface area contributed by atoms with E-state index in [1.165, 1.54) is 0 Å². The van der Waals surface area contributed by atoms with Crippen LogP contribution in [0.25, 0.3) is 11.1 Å². The number of hydrogen-bond acceptors (Lipinski definition) is 5. The van der Waals surface area contributed by atoms with Gasteiger partial charge in [0, 0.05) is 29.1 Å². The number of aromatic nitrogens is 2. The largest absolute Gasteiger partial charge is 0.482 e. The van der Waals surface area contributed by atoms with Crippen molar-refractivity contribution >= 4 is 23.2 Å². The first kappa shape index (κ1) is 17.9. The molecule has 2 aromatic heterocycles. The van der Waals surface area contributed by atoms with Crippen LogP contribution in [0.1, 0.15) is 18.6 Å². The maximum Gasteiger partial charge on any atom is 0.166 e. The standard InChI is InChI=1S/C18H15ClF2N4O/c1-9(16-12(20)3-4-13(21)17(16)19)26-14-6-11(8-25-18(14)23)10-2-5-15(22)24-7-10/h2-9H,1H3,(H2,22,24)(H2,23,25). The quantitative estimate of drug-likeness (QED) is 0.660. The summed E-state index contributed by atoms with van der Waals surface area (Å²) in [5, 5.41) is -0.331. The second-order valence-corrected chi connectivity index (χ2v) is 5.97. The molecule has 0 spiro atoms. The van der Waals surface area contributed by atoms with Gasteiger partial charge in [-0.1, -0.05) is 11.6 Å². The number of benzene rings is 1. The van der Waals surface area contributed by atoms with Gasteiger partial charge in [0.2, 0.25) is 0 Å². The molecule has 0 aliphatic carbocycles. The highest BCUT2D eigenvalue weighted by molar-refractivity contribution is 6.31. The molecule has 0 aliphatic heterocycles. The van der Waals surface area contributed by atoms with Crippen LogP contribution in [-0.4, -0.2) is 9.97 Å². The minimum absolute atomic E-state index is 0.0920. The van der Waals surface area contributed by atoms with Gasteiger partial charge in [-0.05, 0) is 37.3 Å². The molecular weight excluding hydrogens is 362 g/mol. The van der Waals surface area contributed by atoms with Gasteiger partial charge in [0.15, 0.2) is 11.6 Å². The van der Waals surface area contributed by atoms with Crippen LogP contribution in [0.15, 0.2) is 42.7 Å². The zero-order valence-electron chi connectivity index (χ0n) is 13.7. The Hall–Kier alpha value is -2.93. The van der Waals surface area contributed by atoms with Crippen LogP contribution in [0.5, 0.6) is 5.75 Å². The van der Waals surface area contributed by atoms with Crippen molar-refractivity contribution in [3.8, 4) is 16.9 Å². The Kier molecular flexibility index (Phi) is 4.90. The third-order valence-corrected chi connectivity index (χ3v) is 4.18. The molecule has 26 heavy (non-hydrogen) atoms. The Morgan fingerprint density at radius 3 is 2.38 bits per heavy atom. The topological polar surface area (TPSA) is 87.0 Å². The Morgan fingerprint density at radius 1 is 1.00 bits per heavy atom. The number of ether oxygens (including phenoxy) is 1. The van der Waals surface area contributed by atoms with Crippen LogP contribution in [-0.2, 0) is 0 Å². The SMILES string of the molecule is CC(Oc1cc(-c2ccc(N)nc2)cnc1N)c1c(F)ccc(F)c1Cl. The summed E-state index contributed by atoms with van der Waals surface area (Å²) in [6.45, 7) is 1.54. The minimum Gasteiger partial charge on any atom is -0.482 e. The highest BCUT2D eigenvalue weighted by Gasteiger charge is 2.21. The zero-order chi connectivity index (χ0) is 18.8. The fourth-order valence-electron chi connectivity index (χ4n) is 2.45. The Balaban J connectivity index is 1.94. The third-order valence-electron chi connectivity index (χ3n) is 3.79. The Labute approximate surface area is 153 Å². The van der Waals surface area contributed by atoms with E-state index in [2.05, 4.69) is 9.97 Å². The van der Waals surface area contributed by atoms with Crippen LogP contribution in [0.4, 0.5) is 20.4 Å². The van der Waals surface area contributed by atoms with Crippen molar-refractivity contribution in [2.45, 2.75) is 13.0 Å². The third kappa shape index (κ3) is 3.52. The number of nitrogen functional groups attached to an aromatic ring is 2. The second-order valence-electron chi connectivity index (χ2n) is 5.60. The molecule has 0 amide bonds. The molecule has 0 bridgehead atoms. The molecule has 1 aromatic carbocycles. The summed E-state index contributed by atoms with van der Waals surface area (Å²) in [6, 6.07) is 7.01. The van der Waals surface area contributed by atoms with Gasteiger partial charge in [-0.3, -0.25) is 0 Å². The van der Waals surface area contributed by atoms with E-state index in [1.807, 2.05) is 0 Å². The van der Waals surface area contributed by atoms with Crippen molar-refractivity contribution < 1.29 is 13.5 Å². The summed E-state index contributed by atoms with van der Waals surface area (Å²) in [6.07, 6.45) is 2.25. The lowest BCUT2D eigenvalue weighted by Gasteiger charge is -2.18. The molecule has 4 N–H and O–H groups in total. The van der Waals surface area contributed by atoms with Gasteiger partial charge in [0.25, 0.3) is 0 Å².